The Hall–Kier alpha value is -1.78. The van der Waals surface area contributed by atoms with Crippen LogP contribution >= 0.6 is 0 Å². The van der Waals surface area contributed by atoms with Crippen molar-refractivity contribution in [1.82, 2.24) is 0 Å². The first-order chi connectivity index (χ1) is 8.72. The number of esters is 1. The lowest BCUT2D eigenvalue weighted by Crippen LogP contribution is -3.00. The molecular formula is C14H18ClNO3. The minimum atomic E-state index is -0.426. The van der Waals surface area contributed by atoms with Gasteiger partial charge in [0.2, 0.25) is 0 Å². The van der Waals surface area contributed by atoms with Crippen LogP contribution in [0.5, 0.6) is 5.75 Å². The van der Waals surface area contributed by atoms with Crippen LogP contribution in [0.1, 0.15) is 15.9 Å². The number of halogens is 1. The van der Waals surface area contributed by atoms with Crippen molar-refractivity contribution < 1.29 is 32.4 Å². The van der Waals surface area contributed by atoms with E-state index in [0.717, 1.165) is 5.56 Å². The molecule has 0 aliphatic heterocycles. The number of rotatable bonds is 7. The van der Waals surface area contributed by atoms with Gasteiger partial charge in [-0.15, -0.1) is 0 Å². The van der Waals surface area contributed by atoms with E-state index in [1.54, 1.807) is 18.2 Å². The van der Waals surface area contributed by atoms with Crippen molar-refractivity contribution in [2.75, 3.05) is 13.2 Å². The van der Waals surface area contributed by atoms with Gasteiger partial charge in [-0.05, 0) is 12.1 Å². The summed E-state index contributed by atoms with van der Waals surface area (Å²) in [5, 5.41) is 0. The summed E-state index contributed by atoms with van der Waals surface area (Å²) in [4.78, 5) is 11.8. The van der Waals surface area contributed by atoms with Gasteiger partial charge in [-0.1, -0.05) is 31.4 Å². The van der Waals surface area contributed by atoms with Gasteiger partial charge in [0, 0.05) is 5.56 Å². The smallest absolute Gasteiger partial charge is 0.342 e. The molecule has 0 aliphatic carbocycles. The molecule has 0 heterocycles. The second-order valence-electron chi connectivity index (χ2n) is 3.57. The van der Waals surface area contributed by atoms with Crippen molar-refractivity contribution in [1.29, 1.82) is 0 Å². The van der Waals surface area contributed by atoms with E-state index >= 15 is 0 Å². The molecule has 0 radical (unpaired) electrons. The van der Waals surface area contributed by atoms with Gasteiger partial charge < -0.3 is 27.6 Å². The number of carbonyl (C=O) groups excluding carboxylic acids is 1. The predicted molar refractivity (Wildman–Crippen MR) is 69.2 cm³/mol. The fourth-order valence-corrected chi connectivity index (χ4v) is 1.37. The Morgan fingerprint density at radius 2 is 1.95 bits per heavy atom. The Bertz CT molecular complexity index is 446. The van der Waals surface area contributed by atoms with Crippen LogP contribution in [-0.4, -0.2) is 19.2 Å². The fraction of sp³-hybridized carbons (Fsp3) is 0.214. The second-order valence-corrected chi connectivity index (χ2v) is 3.57. The normalized spacial score (nSPS) is 9.11. The molecule has 0 atom stereocenters. The predicted octanol–water partition coefficient (Wildman–Crippen LogP) is -1.66. The van der Waals surface area contributed by atoms with Crippen molar-refractivity contribution in [3.63, 3.8) is 0 Å². The Labute approximate surface area is 119 Å². The molecule has 5 heteroatoms. The first-order valence-electron chi connectivity index (χ1n) is 5.66. The van der Waals surface area contributed by atoms with Crippen molar-refractivity contribution in [3.05, 3.63) is 54.6 Å². The molecule has 0 unspecified atom stereocenters. The summed E-state index contributed by atoms with van der Waals surface area (Å²) in [5.74, 6) is 0.0645. The molecule has 1 aromatic carbocycles. The van der Waals surface area contributed by atoms with E-state index in [-0.39, 0.29) is 19.0 Å². The lowest BCUT2D eigenvalue weighted by Gasteiger charge is -2.10. The number of carbonyl (C=O) groups is 1. The van der Waals surface area contributed by atoms with Crippen LogP contribution < -0.4 is 22.9 Å². The molecule has 0 aliphatic rings. The quantitative estimate of drug-likeness (QED) is 0.481. The van der Waals surface area contributed by atoms with Crippen LogP contribution in [0.2, 0.25) is 0 Å². The maximum absolute atomic E-state index is 11.8. The van der Waals surface area contributed by atoms with Crippen molar-refractivity contribution in [3.8, 4) is 5.75 Å². The van der Waals surface area contributed by atoms with Gasteiger partial charge in [0.25, 0.3) is 0 Å². The molecular weight excluding hydrogens is 266 g/mol. The van der Waals surface area contributed by atoms with Gasteiger partial charge in [-0.2, -0.15) is 0 Å². The molecule has 0 aromatic heterocycles. The lowest BCUT2D eigenvalue weighted by atomic mass is 10.1. The molecule has 1 rings (SSSR count). The third kappa shape index (κ3) is 5.16. The maximum atomic E-state index is 11.8. The number of ether oxygens (including phenoxy) is 2. The fourth-order valence-electron chi connectivity index (χ4n) is 1.37. The molecule has 0 spiro atoms. The summed E-state index contributed by atoms with van der Waals surface area (Å²) in [6, 6.07) is 5.31. The topological polar surface area (TPSA) is 63.2 Å². The van der Waals surface area contributed by atoms with Crippen molar-refractivity contribution in [2.45, 2.75) is 6.54 Å². The van der Waals surface area contributed by atoms with Gasteiger partial charge in [-0.3, -0.25) is 0 Å². The highest BCUT2D eigenvalue weighted by Crippen LogP contribution is 2.21. The third-order valence-electron chi connectivity index (χ3n) is 2.24. The van der Waals surface area contributed by atoms with E-state index in [2.05, 4.69) is 18.9 Å². The number of benzene rings is 1. The van der Waals surface area contributed by atoms with Gasteiger partial charge >= 0.3 is 5.97 Å². The number of hydrogen-bond acceptors (Lipinski definition) is 3. The summed E-state index contributed by atoms with van der Waals surface area (Å²) < 4.78 is 10.5. The van der Waals surface area contributed by atoms with Crippen LogP contribution in [0.15, 0.2) is 43.5 Å². The van der Waals surface area contributed by atoms with Gasteiger partial charge in [0.1, 0.15) is 24.5 Å². The average Bonchev–Trinajstić information content (AvgIpc) is 2.42. The Morgan fingerprint density at radius 1 is 1.26 bits per heavy atom. The van der Waals surface area contributed by atoms with Crippen molar-refractivity contribution in [2.24, 2.45) is 0 Å². The zero-order valence-electron chi connectivity index (χ0n) is 10.7. The molecule has 0 fully saturated rings. The largest absolute Gasteiger partial charge is 1.00 e. The maximum Gasteiger partial charge on any atom is 0.342 e. The van der Waals surface area contributed by atoms with E-state index in [4.69, 9.17) is 9.47 Å². The second kappa shape index (κ2) is 9.19. The van der Waals surface area contributed by atoms with E-state index in [1.165, 1.54) is 6.08 Å². The van der Waals surface area contributed by atoms with Crippen LogP contribution in [-0.2, 0) is 11.3 Å². The summed E-state index contributed by atoms with van der Waals surface area (Å²) in [6.45, 7) is 8.22. The first-order valence-corrected chi connectivity index (χ1v) is 5.66. The minimum Gasteiger partial charge on any atom is -1.00 e. The molecule has 0 amide bonds. The zero-order valence-corrected chi connectivity index (χ0v) is 11.5. The Morgan fingerprint density at radius 3 is 2.53 bits per heavy atom. The van der Waals surface area contributed by atoms with Gasteiger partial charge in [-0.25, -0.2) is 4.79 Å². The van der Waals surface area contributed by atoms with E-state index in [1.807, 2.05) is 6.07 Å². The lowest BCUT2D eigenvalue weighted by molar-refractivity contribution is -0.386. The highest BCUT2D eigenvalue weighted by Gasteiger charge is 2.14. The molecule has 0 bridgehead atoms. The molecule has 3 N–H and O–H groups in total. The molecule has 0 saturated carbocycles. The van der Waals surface area contributed by atoms with Crippen LogP contribution in [0.4, 0.5) is 0 Å². The average molecular weight is 284 g/mol. The Kier molecular flexibility index (Phi) is 8.33. The monoisotopic (exact) mass is 283 g/mol. The summed E-state index contributed by atoms with van der Waals surface area (Å²) in [6.07, 6.45) is 3.14. The van der Waals surface area contributed by atoms with Crippen LogP contribution in [0.25, 0.3) is 0 Å². The standard InChI is InChI=1S/C14H17NO3.ClH/c1-3-7-17-13-9-11(10-15)5-6-12(13)14(16)18-8-4-2;/h3-6,9H,1-2,7-8,10,15H2;1H. The highest BCUT2D eigenvalue weighted by molar-refractivity contribution is 5.92. The van der Waals surface area contributed by atoms with E-state index in [9.17, 15) is 4.79 Å². The molecule has 104 valence electrons. The van der Waals surface area contributed by atoms with Crippen molar-refractivity contribution >= 4 is 5.97 Å². The molecule has 0 saturated heterocycles. The van der Waals surface area contributed by atoms with Crippen LogP contribution in [0.3, 0.4) is 0 Å². The summed E-state index contributed by atoms with van der Waals surface area (Å²) in [5.41, 5.74) is 5.19. The number of quaternary nitrogens is 1. The van der Waals surface area contributed by atoms with Crippen LogP contribution in [0, 0.1) is 0 Å². The summed E-state index contributed by atoms with van der Waals surface area (Å²) >= 11 is 0. The minimum absolute atomic E-state index is 0. The van der Waals surface area contributed by atoms with E-state index < -0.39 is 5.97 Å². The van der Waals surface area contributed by atoms with Gasteiger partial charge in [0.15, 0.2) is 0 Å². The number of hydrogen-bond donors (Lipinski definition) is 1. The SMILES string of the molecule is C=CCOC(=O)c1ccc(C[NH3+])cc1OCC=C.[Cl-]. The Balaban J connectivity index is 0.00000324. The first kappa shape index (κ1) is 17.2. The molecule has 19 heavy (non-hydrogen) atoms. The molecule has 1 aromatic rings. The van der Waals surface area contributed by atoms with E-state index in [0.29, 0.717) is 24.5 Å². The third-order valence-corrected chi connectivity index (χ3v) is 2.24. The highest BCUT2D eigenvalue weighted by atomic mass is 35.5. The molecule has 4 nitrogen and oxygen atoms in total. The summed E-state index contributed by atoms with van der Waals surface area (Å²) in [7, 11) is 0. The van der Waals surface area contributed by atoms with Gasteiger partial charge in [0.05, 0.1) is 6.54 Å². The zero-order chi connectivity index (χ0) is 13.4.